The van der Waals surface area contributed by atoms with E-state index in [-0.39, 0.29) is 5.60 Å². The predicted molar refractivity (Wildman–Crippen MR) is 67.0 cm³/mol. The van der Waals surface area contributed by atoms with Crippen LogP contribution in [0, 0.1) is 0 Å². The lowest BCUT2D eigenvalue weighted by Crippen LogP contribution is -2.37. The highest BCUT2D eigenvalue weighted by Gasteiger charge is 2.38. The van der Waals surface area contributed by atoms with Gasteiger partial charge in [0, 0.05) is 21.3 Å². The Kier molecular flexibility index (Phi) is 4.81. The smallest absolute Gasteiger partial charge is 0.0660 e. The first-order valence-corrected chi connectivity index (χ1v) is 9.93. The SMILES string of the molecule is C[Si](C)(C)CC1(CCCCO)CCCO1. The van der Waals surface area contributed by atoms with E-state index in [4.69, 9.17) is 9.84 Å². The van der Waals surface area contributed by atoms with Gasteiger partial charge in [-0.15, -0.1) is 0 Å². The van der Waals surface area contributed by atoms with E-state index in [1.54, 1.807) is 0 Å². The van der Waals surface area contributed by atoms with Gasteiger partial charge in [-0.1, -0.05) is 19.6 Å². The molecule has 1 aliphatic rings. The number of hydrogen-bond acceptors (Lipinski definition) is 2. The average Bonchev–Trinajstić information content (AvgIpc) is 2.51. The van der Waals surface area contributed by atoms with Crippen LogP contribution in [-0.2, 0) is 4.74 Å². The summed E-state index contributed by atoms with van der Waals surface area (Å²) in [4.78, 5) is 0. The third-order valence-electron chi connectivity index (χ3n) is 3.08. The molecule has 90 valence electrons. The van der Waals surface area contributed by atoms with E-state index in [1.165, 1.54) is 18.9 Å². The summed E-state index contributed by atoms with van der Waals surface area (Å²) in [7, 11) is -1.04. The number of hydrogen-bond donors (Lipinski definition) is 1. The molecule has 0 aromatic heterocycles. The lowest BCUT2D eigenvalue weighted by atomic mass is 9.95. The van der Waals surface area contributed by atoms with Gasteiger partial charge in [-0.3, -0.25) is 0 Å². The molecule has 1 atom stereocenters. The van der Waals surface area contributed by atoms with Crippen LogP contribution in [0.1, 0.15) is 32.1 Å². The van der Waals surface area contributed by atoms with E-state index in [9.17, 15) is 0 Å². The zero-order valence-corrected chi connectivity index (χ0v) is 11.5. The van der Waals surface area contributed by atoms with E-state index in [2.05, 4.69) is 19.6 Å². The van der Waals surface area contributed by atoms with Gasteiger partial charge in [-0.2, -0.15) is 0 Å². The van der Waals surface area contributed by atoms with E-state index >= 15 is 0 Å². The van der Waals surface area contributed by atoms with E-state index < -0.39 is 8.07 Å². The molecule has 0 aromatic rings. The van der Waals surface area contributed by atoms with Gasteiger partial charge in [0.15, 0.2) is 0 Å². The minimum absolute atomic E-state index is 0.180. The largest absolute Gasteiger partial charge is 0.396 e. The molecule has 1 fully saturated rings. The van der Waals surface area contributed by atoms with Crippen molar-refractivity contribution < 1.29 is 9.84 Å². The van der Waals surface area contributed by atoms with Crippen molar-refractivity contribution in [3.8, 4) is 0 Å². The van der Waals surface area contributed by atoms with Crippen LogP contribution in [0.25, 0.3) is 0 Å². The fourth-order valence-electron chi connectivity index (χ4n) is 2.71. The first kappa shape index (κ1) is 13.2. The summed E-state index contributed by atoms with van der Waals surface area (Å²) in [6.45, 7) is 8.53. The quantitative estimate of drug-likeness (QED) is 0.561. The molecule has 1 aliphatic heterocycles. The van der Waals surface area contributed by atoms with Crippen LogP contribution in [0.4, 0.5) is 0 Å². The second-order valence-electron chi connectivity index (χ2n) is 6.05. The highest BCUT2D eigenvalue weighted by Crippen LogP contribution is 2.38. The Morgan fingerprint density at radius 3 is 2.47 bits per heavy atom. The number of aliphatic hydroxyl groups excluding tert-OH is 1. The first-order chi connectivity index (χ1) is 6.97. The highest BCUT2D eigenvalue weighted by atomic mass is 28.3. The third-order valence-corrected chi connectivity index (χ3v) is 4.78. The van der Waals surface area contributed by atoms with E-state index in [0.29, 0.717) is 6.61 Å². The number of unbranched alkanes of at least 4 members (excludes halogenated alkanes) is 1. The average molecular weight is 230 g/mol. The van der Waals surface area contributed by atoms with Crippen LogP contribution < -0.4 is 0 Å². The molecule has 1 unspecified atom stereocenters. The summed E-state index contributed by atoms with van der Waals surface area (Å²) < 4.78 is 6.02. The summed E-state index contributed by atoms with van der Waals surface area (Å²) in [5, 5.41) is 8.82. The normalized spacial score (nSPS) is 27.2. The molecule has 1 N–H and O–H groups in total. The zero-order chi connectivity index (χ0) is 11.4. The van der Waals surface area contributed by atoms with Crippen LogP contribution in [0.15, 0.2) is 0 Å². The fraction of sp³-hybridized carbons (Fsp3) is 1.00. The number of ether oxygens (including phenoxy) is 1. The second-order valence-corrected chi connectivity index (χ2v) is 11.5. The molecule has 2 nitrogen and oxygen atoms in total. The van der Waals surface area contributed by atoms with Crippen LogP contribution >= 0.6 is 0 Å². The molecule has 15 heavy (non-hydrogen) atoms. The minimum Gasteiger partial charge on any atom is -0.396 e. The van der Waals surface area contributed by atoms with Crippen LogP contribution in [0.2, 0.25) is 25.7 Å². The third kappa shape index (κ3) is 4.66. The van der Waals surface area contributed by atoms with Crippen molar-refractivity contribution in [2.24, 2.45) is 0 Å². The molecule has 0 bridgehead atoms. The zero-order valence-electron chi connectivity index (χ0n) is 10.5. The van der Waals surface area contributed by atoms with Gasteiger partial charge in [0.05, 0.1) is 5.60 Å². The predicted octanol–water partition coefficient (Wildman–Crippen LogP) is 3.04. The molecule has 1 heterocycles. The molecule has 0 aromatic carbocycles. The lowest BCUT2D eigenvalue weighted by molar-refractivity contribution is 0.00960. The van der Waals surface area contributed by atoms with E-state index in [1.807, 2.05) is 0 Å². The maximum Gasteiger partial charge on any atom is 0.0660 e. The topological polar surface area (TPSA) is 29.5 Å². The Morgan fingerprint density at radius 2 is 2.00 bits per heavy atom. The number of aliphatic hydroxyl groups is 1. The summed E-state index contributed by atoms with van der Waals surface area (Å²) in [6.07, 6.45) is 5.65. The maximum atomic E-state index is 8.82. The summed E-state index contributed by atoms with van der Waals surface area (Å²) in [5.74, 6) is 0. The Balaban J connectivity index is 2.46. The van der Waals surface area contributed by atoms with Crippen LogP contribution in [0.5, 0.6) is 0 Å². The Labute approximate surface area is 95.0 Å². The minimum atomic E-state index is -1.04. The molecular weight excluding hydrogens is 204 g/mol. The molecule has 3 heteroatoms. The van der Waals surface area contributed by atoms with E-state index in [0.717, 1.165) is 25.9 Å². The summed E-state index contributed by atoms with van der Waals surface area (Å²) in [6, 6.07) is 1.28. The molecular formula is C12H26O2Si. The highest BCUT2D eigenvalue weighted by molar-refractivity contribution is 6.76. The molecule has 0 spiro atoms. The van der Waals surface area contributed by atoms with Gasteiger partial charge < -0.3 is 9.84 Å². The van der Waals surface area contributed by atoms with Crippen molar-refractivity contribution in [1.82, 2.24) is 0 Å². The van der Waals surface area contributed by atoms with Gasteiger partial charge in [0.25, 0.3) is 0 Å². The Hall–Kier alpha value is 0.137. The van der Waals surface area contributed by atoms with Gasteiger partial charge in [0.1, 0.15) is 0 Å². The van der Waals surface area contributed by atoms with Crippen LogP contribution in [-0.4, -0.2) is 32.0 Å². The van der Waals surface area contributed by atoms with Gasteiger partial charge in [-0.25, -0.2) is 0 Å². The van der Waals surface area contributed by atoms with Crippen LogP contribution in [0.3, 0.4) is 0 Å². The maximum absolute atomic E-state index is 8.82. The molecule has 0 aliphatic carbocycles. The van der Waals surface area contributed by atoms with Gasteiger partial charge in [0.2, 0.25) is 0 Å². The molecule has 0 amide bonds. The standard InChI is InChI=1S/C12H26O2Si/c1-15(2,3)11-12(7-4-5-9-13)8-6-10-14-12/h13H,4-11H2,1-3H3. The van der Waals surface area contributed by atoms with Gasteiger partial charge in [-0.05, 0) is 38.1 Å². The van der Waals surface area contributed by atoms with Crippen molar-refractivity contribution in [1.29, 1.82) is 0 Å². The first-order valence-electron chi connectivity index (χ1n) is 6.22. The summed E-state index contributed by atoms with van der Waals surface area (Å²) in [5.41, 5.74) is 0.180. The second kappa shape index (κ2) is 5.46. The fourth-order valence-corrected chi connectivity index (χ4v) is 5.09. The van der Waals surface area contributed by atoms with Crippen molar-refractivity contribution in [3.63, 3.8) is 0 Å². The molecule has 1 saturated heterocycles. The van der Waals surface area contributed by atoms with Gasteiger partial charge >= 0.3 is 0 Å². The van der Waals surface area contributed by atoms with Crippen molar-refractivity contribution >= 4 is 8.07 Å². The van der Waals surface area contributed by atoms with Crippen molar-refractivity contribution in [3.05, 3.63) is 0 Å². The summed E-state index contributed by atoms with van der Waals surface area (Å²) >= 11 is 0. The Bertz CT molecular complexity index is 181. The van der Waals surface area contributed by atoms with Crippen molar-refractivity contribution in [2.75, 3.05) is 13.2 Å². The number of rotatable bonds is 6. The molecule has 0 radical (unpaired) electrons. The van der Waals surface area contributed by atoms with Crippen molar-refractivity contribution in [2.45, 2.75) is 63.4 Å². The Morgan fingerprint density at radius 1 is 1.27 bits per heavy atom. The molecule has 1 rings (SSSR count). The molecule has 0 saturated carbocycles. The monoisotopic (exact) mass is 230 g/mol. The lowest BCUT2D eigenvalue weighted by Gasteiger charge is -2.34.